The van der Waals surface area contributed by atoms with Crippen LogP contribution in [0.3, 0.4) is 0 Å². The van der Waals surface area contributed by atoms with Gasteiger partial charge in [-0.3, -0.25) is 0 Å². The van der Waals surface area contributed by atoms with Crippen LogP contribution in [0.1, 0.15) is 104 Å². The molecule has 0 aromatic heterocycles. The third-order valence-electron chi connectivity index (χ3n) is 6.86. The second-order valence-corrected chi connectivity index (χ2v) is 8.65. The molecule has 2 aliphatic rings. The van der Waals surface area contributed by atoms with Crippen LogP contribution in [0, 0.1) is 17.3 Å². The topological polar surface area (TPSA) is 9.23 Å². The fourth-order valence-corrected chi connectivity index (χ4v) is 5.22. The predicted molar refractivity (Wildman–Crippen MR) is 105 cm³/mol. The fourth-order valence-electron chi connectivity index (χ4n) is 5.22. The maximum atomic E-state index is 6.20. The van der Waals surface area contributed by atoms with E-state index < -0.39 is 0 Å². The van der Waals surface area contributed by atoms with Crippen molar-refractivity contribution < 1.29 is 4.74 Å². The zero-order valence-electron chi connectivity index (χ0n) is 16.7. The van der Waals surface area contributed by atoms with Crippen LogP contribution in [0.4, 0.5) is 0 Å². The Morgan fingerprint density at radius 2 is 1.71 bits per heavy atom. The molecule has 2 saturated carbocycles. The minimum atomic E-state index is 0.469. The van der Waals surface area contributed by atoms with Gasteiger partial charge in [0.15, 0.2) is 0 Å². The third kappa shape index (κ3) is 5.90. The number of allylic oxidation sites excluding steroid dienone is 1. The van der Waals surface area contributed by atoms with Crippen LogP contribution < -0.4 is 0 Å². The minimum absolute atomic E-state index is 0.469. The molecule has 1 atom stereocenters. The van der Waals surface area contributed by atoms with Crippen molar-refractivity contribution in [3.05, 3.63) is 12.2 Å². The van der Waals surface area contributed by atoms with Crippen molar-refractivity contribution >= 4 is 0 Å². The first-order valence-corrected chi connectivity index (χ1v) is 11.0. The molecular formula is C23H42O. The molecule has 0 N–H and O–H groups in total. The van der Waals surface area contributed by atoms with Gasteiger partial charge < -0.3 is 4.74 Å². The van der Waals surface area contributed by atoms with Gasteiger partial charge in [-0.2, -0.15) is 0 Å². The van der Waals surface area contributed by atoms with E-state index in [-0.39, 0.29) is 0 Å². The molecule has 24 heavy (non-hydrogen) atoms. The Hall–Kier alpha value is -0.300. The lowest BCUT2D eigenvalue weighted by molar-refractivity contribution is 0.0328. The van der Waals surface area contributed by atoms with Gasteiger partial charge in [-0.15, -0.1) is 0 Å². The van der Waals surface area contributed by atoms with Gasteiger partial charge in [0.05, 0.1) is 12.7 Å². The van der Waals surface area contributed by atoms with Crippen molar-refractivity contribution in [2.24, 2.45) is 17.3 Å². The minimum Gasteiger partial charge on any atom is -0.374 e. The van der Waals surface area contributed by atoms with E-state index in [0.29, 0.717) is 11.5 Å². The predicted octanol–water partition coefficient (Wildman–Crippen LogP) is 7.30. The molecule has 2 fully saturated rings. The molecule has 1 heteroatoms. The molecule has 0 amide bonds. The normalized spacial score (nSPS) is 29.0. The Balaban J connectivity index is 1.76. The van der Waals surface area contributed by atoms with Crippen LogP contribution in [0.15, 0.2) is 12.2 Å². The van der Waals surface area contributed by atoms with Crippen LogP contribution in [0.25, 0.3) is 0 Å². The molecule has 0 aromatic carbocycles. The van der Waals surface area contributed by atoms with E-state index in [4.69, 9.17) is 4.74 Å². The Bertz CT molecular complexity index is 345. The van der Waals surface area contributed by atoms with Gasteiger partial charge in [0.1, 0.15) is 0 Å². The highest BCUT2D eigenvalue weighted by molar-refractivity contribution is 5.04. The third-order valence-corrected chi connectivity index (χ3v) is 6.86. The van der Waals surface area contributed by atoms with Gasteiger partial charge in [0, 0.05) is 0 Å². The fraction of sp³-hybridized carbons (Fsp3) is 0.913. The first-order valence-electron chi connectivity index (χ1n) is 11.0. The monoisotopic (exact) mass is 334 g/mol. The maximum absolute atomic E-state index is 6.20. The van der Waals surface area contributed by atoms with Gasteiger partial charge in [-0.1, -0.05) is 77.9 Å². The van der Waals surface area contributed by atoms with E-state index in [1.807, 2.05) is 0 Å². The van der Waals surface area contributed by atoms with Crippen molar-refractivity contribution in [1.29, 1.82) is 0 Å². The standard InChI is InChI=1S/C23H42O/c1-4-10-20(3)23(16-7-6-8-17-23)18-9-19-24-22-14-12-21(11-5-2)13-15-22/h9,18,20-22H,4-8,10-17,19H2,1-3H3/b18-9+. The van der Waals surface area contributed by atoms with Crippen molar-refractivity contribution in [3.8, 4) is 0 Å². The zero-order valence-corrected chi connectivity index (χ0v) is 16.7. The molecule has 140 valence electrons. The number of hydrogen-bond donors (Lipinski definition) is 0. The van der Waals surface area contributed by atoms with Crippen LogP contribution in [0.5, 0.6) is 0 Å². The van der Waals surface area contributed by atoms with Gasteiger partial charge >= 0.3 is 0 Å². The smallest absolute Gasteiger partial charge is 0.0651 e. The summed E-state index contributed by atoms with van der Waals surface area (Å²) in [5.74, 6) is 1.80. The molecule has 0 saturated heterocycles. The second-order valence-electron chi connectivity index (χ2n) is 8.65. The quantitative estimate of drug-likeness (QED) is 0.402. The summed E-state index contributed by atoms with van der Waals surface area (Å²) < 4.78 is 6.20. The molecule has 0 aromatic rings. The van der Waals surface area contributed by atoms with E-state index in [9.17, 15) is 0 Å². The summed E-state index contributed by atoms with van der Waals surface area (Å²) in [6.45, 7) is 7.96. The summed E-state index contributed by atoms with van der Waals surface area (Å²) in [6, 6.07) is 0. The van der Waals surface area contributed by atoms with Crippen molar-refractivity contribution in [2.75, 3.05) is 6.61 Å². The van der Waals surface area contributed by atoms with Gasteiger partial charge in [0.25, 0.3) is 0 Å². The Morgan fingerprint density at radius 3 is 2.33 bits per heavy atom. The lowest BCUT2D eigenvalue weighted by Crippen LogP contribution is -2.29. The maximum Gasteiger partial charge on any atom is 0.0651 e. The average Bonchev–Trinajstić information content (AvgIpc) is 2.61. The van der Waals surface area contributed by atoms with Crippen molar-refractivity contribution in [1.82, 2.24) is 0 Å². The highest BCUT2D eigenvalue weighted by atomic mass is 16.5. The molecule has 1 nitrogen and oxygen atoms in total. The summed E-state index contributed by atoms with van der Waals surface area (Å²) in [5, 5.41) is 0. The van der Waals surface area contributed by atoms with Crippen LogP contribution in [-0.2, 0) is 4.74 Å². The number of rotatable bonds is 9. The molecule has 2 aliphatic carbocycles. The SMILES string of the molecule is CCCC1CCC(OC/C=C/C2(C(C)CCC)CCCCC2)CC1. The van der Waals surface area contributed by atoms with E-state index in [0.717, 1.165) is 18.4 Å². The van der Waals surface area contributed by atoms with Gasteiger partial charge in [0.2, 0.25) is 0 Å². The number of ether oxygens (including phenoxy) is 1. The van der Waals surface area contributed by atoms with Crippen LogP contribution in [0.2, 0.25) is 0 Å². The first-order chi connectivity index (χ1) is 11.7. The Labute approximate surface area is 151 Å². The van der Waals surface area contributed by atoms with Crippen LogP contribution >= 0.6 is 0 Å². The number of hydrogen-bond acceptors (Lipinski definition) is 1. The molecule has 0 spiro atoms. The molecule has 0 aliphatic heterocycles. The molecule has 0 bridgehead atoms. The first kappa shape index (κ1) is 20.0. The van der Waals surface area contributed by atoms with E-state index >= 15 is 0 Å². The Kier molecular flexibility index (Phi) is 8.87. The lowest BCUT2D eigenvalue weighted by atomic mass is 9.65. The molecule has 1 unspecified atom stereocenters. The van der Waals surface area contributed by atoms with E-state index in [1.165, 1.54) is 83.5 Å². The average molecular weight is 335 g/mol. The van der Waals surface area contributed by atoms with E-state index in [2.05, 4.69) is 32.9 Å². The largest absolute Gasteiger partial charge is 0.374 e. The van der Waals surface area contributed by atoms with Crippen molar-refractivity contribution in [2.45, 2.75) is 110 Å². The summed E-state index contributed by atoms with van der Waals surface area (Å²) >= 11 is 0. The Morgan fingerprint density at radius 1 is 1.00 bits per heavy atom. The summed E-state index contributed by atoms with van der Waals surface area (Å²) in [4.78, 5) is 0. The molecule has 0 radical (unpaired) electrons. The van der Waals surface area contributed by atoms with Crippen molar-refractivity contribution in [3.63, 3.8) is 0 Å². The molecular weight excluding hydrogens is 292 g/mol. The van der Waals surface area contributed by atoms with Crippen LogP contribution in [-0.4, -0.2) is 12.7 Å². The summed E-state index contributed by atoms with van der Waals surface area (Å²) in [7, 11) is 0. The summed E-state index contributed by atoms with van der Waals surface area (Å²) in [6.07, 6.45) is 23.3. The summed E-state index contributed by atoms with van der Waals surface area (Å²) in [5.41, 5.74) is 0.469. The zero-order chi connectivity index (χ0) is 17.3. The van der Waals surface area contributed by atoms with Gasteiger partial charge in [-0.05, 0) is 55.8 Å². The highest BCUT2D eigenvalue weighted by Gasteiger charge is 2.34. The highest BCUT2D eigenvalue weighted by Crippen LogP contribution is 2.45. The molecule has 2 rings (SSSR count). The second kappa shape index (κ2) is 10.6. The van der Waals surface area contributed by atoms with E-state index in [1.54, 1.807) is 0 Å². The lowest BCUT2D eigenvalue weighted by Gasteiger charge is -2.40. The van der Waals surface area contributed by atoms with Gasteiger partial charge in [-0.25, -0.2) is 0 Å². The molecule has 0 heterocycles.